The van der Waals surface area contributed by atoms with Crippen molar-refractivity contribution in [2.45, 2.75) is 37.7 Å². The van der Waals surface area contributed by atoms with Gasteiger partial charge in [-0.2, -0.15) is 0 Å². The maximum absolute atomic E-state index is 12.4. The molecule has 3 aliphatic rings. The average molecular weight is 534 g/mol. The van der Waals surface area contributed by atoms with Crippen LogP contribution in [-0.2, 0) is 14.4 Å². The molecule has 3 aliphatic heterocycles. The van der Waals surface area contributed by atoms with Gasteiger partial charge in [0.15, 0.2) is 0 Å². The molecule has 0 aliphatic carbocycles. The quantitative estimate of drug-likeness (QED) is 0.0782. The van der Waals surface area contributed by atoms with Gasteiger partial charge in [0, 0.05) is 29.2 Å². The third-order valence-corrected chi connectivity index (χ3v) is 8.36. The van der Waals surface area contributed by atoms with Crippen molar-refractivity contribution < 1.29 is 46.6 Å². The van der Waals surface area contributed by atoms with E-state index < -0.39 is 18.0 Å². The van der Waals surface area contributed by atoms with Crippen molar-refractivity contribution in [3.8, 4) is 0 Å². The molecule has 2 saturated heterocycles. The van der Waals surface area contributed by atoms with Crippen LogP contribution in [0.5, 0.6) is 0 Å². The molecule has 0 bridgehead atoms. The maximum Gasteiger partial charge on any atom is 0.353 e. The van der Waals surface area contributed by atoms with E-state index in [4.69, 9.17) is 10.5 Å². The van der Waals surface area contributed by atoms with Gasteiger partial charge in [0.25, 0.3) is 0 Å². The number of carboxylic acid groups (broad SMARTS) is 1. The van der Waals surface area contributed by atoms with E-state index in [2.05, 4.69) is 5.32 Å². The molecule has 4 atom stereocenters. The number of carbonyl (C=O) groups excluding carboxylic acids is 2. The molecule has 0 aromatic heterocycles. The molecule has 0 radical (unpaired) electrons. The fraction of sp³-hybridized carbons (Fsp3) is 0.727. The molecule has 0 saturated carbocycles. The van der Waals surface area contributed by atoms with Gasteiger partial charge in [0.2, 0.25) is 11.8 Å². The van der Waals surface area contributed by atoms with Gasteiger partial charge >= 0.3 is 5.97 Å². The Morgan fingerprint density at radius 2 is 1.91 bits per heavy atom. The number of quaternary nitrogens is 1. The lowest BCUT2D eigenvalue weighted by atomic mass is 9.79. The first kappa shape index (κ1) is 29.4. The first-order chi connectivity index (χ1) is 15.9. The Morgan fingerprint density at radius 1 is 1.29 bits per heavy atom. The molecule has 13 heteroatoms. The molecule has 35 heavy (non-hydrogen) atoms. The van der Waals surface area contributed by atoms with Gasteiger partial charge in [-0.05, 0) is 6.92 Å². The van der Waals surface area contributed by atoms with Crippen LogP contribution < -0.4 is 17.7 Å². The molecular formula is C22H36ClN5O6S. The Bertz CT molecular complexity index is 892. The number of aliphatic hydroxyl groups is 2. The van der Waals surface area contributed by atoms with E-state index in [9.17, 15) is 24.6 Å². The van der Waals surface area contributed by atoms with E-state index in [1.54, 1.807) is 11.8 Å². The number of likely N-dealkylation sites (tertiary alicyclic amines) is 1. The molecule has 0 aromatic carbocycles. The zero-order valence-corrected chi connectivity index (χ0v) is 22.1. The second-order valence-electron chi connectivity index (χ2n) is 10.00. The fourth-order valence-electron chi connectivity index (χ4n) is 4.80. The second kappa shape index (κ2) is 11.5. The monoisotopic (exact) mass is 533 g/mol. The van der Waals surface area contributed by atoms with Crippen molar-refractivity contribution in [2.75, 3.05) is 53.4 Å². The number of hydrogen-bond donors (Lipinski definition) is 5. The van der Waals surface area contributed by atoms with Crippen molar-refractivity contribution in [2.24, 2.45) is 11.8 Å². The third kappa shape index (κ3) is 6.11. The van der Waals surface area contributed by atoms with Gasteiger partial charge < -0.3 is 47.3 Å². The van der Waals surface area contributed by atoms with Crippen LogP contribution in [0.2, 0.25) is 0 Å². The summed E-state index contributed by atoms with van der Waals surface area (Å²) >= 11 is 1.42. The number of nitrogens with zero attached hydrogens (tertiary/aromatic N) is 3. The number of thioether (sulfide) groups is 1. The molecule has 2 amide bonds. The number of carboxylic acids is 1. The number of rotatable bonds is 11. The van der Waals surface area contributed by atoms with Crippen LogP contribution in [0.15, 0.2) is 10.6 Å². The van der Waals surface area contributed by atoms with Crippen molar-refractivity contribution in [3.63, 3.8) is 0 Å². The fourth-order valence-corrected chi connectivity index (χ4v) is 6.32. The summed E-state index contributed by atoms with van der Waals surface area (Å²) in [7, 11) is 3.95. The largest absolute Gasteiger partial charge is 1.00 e. The molecule has 3 heterocycles. The third-order valence-electron chi connectivity index (χ3n) is 6.91. The number of likely N-dealkylation sites (N-methyl/N-ethyl adjacent to an activating group) is 1. The number of β-lactam (4-membered cyclic amide) rings is 1. The number of amides is 2. The van der Waals surface area contributed by atoms with Crippen LogP contribution in [0.25, 0.3) is 0 Å². The number of carbonyl (C=O) groups is 3. The highest BCUT2D eigenvalue weighted by molar-refractivity contribution is 8.03. The van der Waals surface area contributed by atoms with Gasteiger partial charge in [0.05, 0.1) is 58.3 Å². The van der Waals surface area contributed by atoms with Crippen molar-refractivity contribution in [1.29, 1.82) is 5.41 Å². The summed E-state index contributed by atoms with van der Waals surface area (Å²) in [5.74, 6) is -2.26. The van der Waals surface area contributed by atoms with E-state index in [0.717, 1.165) is 0 Å². The number of aliphatic carboxylic acids is 1. The lowest BCUT2D eigenvalue weighted by Gasteiger charge is -2.46. The predicted octanol–water partition coefficient (Wildman–Crippen LogP) is -3.89. The summed E-state index contributed by atoms with van der Waals surface area (Å²) < 4.78 is 0.591. The van der Waals surface area contributed by atoms with Crippen LogP contribution in [0.1, 0.15) is 20.3 Å². The van der Waals surface area contributed by atoms with E-state index in [-0.39, 0.29) is 66.0 Å². The summed E-state index contributed by atoms with van der Waals surface area (Å²) in [6, 6.07) is -0.333. The minimum atomic E-state index is -1.14. The first-order valence-electron chi connectivity index (χ1n) is 11.5. The normalized spacial score (nSPS) is 24.9. The van der Waals surface area contributed by atoms with Crippen LogP contribution in [-0.4, -0.2) is 124 Å². The van der Waals surface area contributed by atoms with Crippen LogP contribution in [0.3, 0.4) is 0 Å². The first-order valence-corrected chi connectivity index (χ1v) is 12.4. The molecule has 0 aromatic rings. The van der Waals surface area contributed by atoms with E-state index >= 15 is 0 Å². The van der Waals surface area contributed by atoms with Crippen molar-refractivity contribution >= 4 is 35.4 Å². The zero-order chi connectivity index (χ0) is 25.4. The summed E-state index contributed by atoms with van der Waals surface area (Å²) in [4.78, 5) is 40.3. The van der Waals surface area contributed by atoms with E-state index in [1.807, 2.05) is 21.0 Å². The van der Waals surface area contributed by atoms with Gasteiger partial charge in [-0.15, -0.1) is 11.8 Å². The lowest BCUT2D eigenvalue weighted by molar-refractivity contribution is -0.889. The maximum atomic E-state index is 12.4. The summed E-state index contributed by atoms with van der Waals surface area (Å²) in [5, 5.41) is 39.9. The smallest absolute Gasteiger partial charge is 0.353 e. The summed E-state index contributed by atoms with van der Waals surface area (Å²) in [6.45, 7) is 6.32. The van der Waals surface area contributed by atoms with E-state index in [1.165, 1.54) is 16.7 Å². The standard InChI is InChI=1S/C22H35N5O6S.ClH/c1-12-18-17(13(2)29)21(31)26(18)19(22(32)33)20(12)34-14-10-25(11-14)15(23)9-16(30)24-5-6-27(3,4)7-8-28;/h12-14,17-18,23,28-29H,5-11H2,1-4H3,(H-,24,30,32,33);1H/t12-,13-,17-,18-;/m1./s1. The van der Waals surface area contributed by atoms with Crippen LogP contribution in [0, 0.1) is 17.2 Å². The molecule has 5 N–H and O–H groups in total. The lowest BCUT2D eigenvalue weighted by Crippen LogP contribution is -3.00. The summed E-state index contributed by atoms with van der Waals surface area (Å²) in [6.07, 6.45) is -0.855. The number of nitrogens with one attached hydrogen (secondary N) is 2. The molecule has 0 unspecified atom stereocenters. The minimum Gasteiger partial charge on any atom is -1.00 e. The number of halogens is 1. The van der Waals surface area contributed by atoms with Gasteiger partial charge in [0.1, 0.15) is 18.1 Å². The molecule has 198 valence electrons. The van der Waals surface area contributed by atoms with Gasteiger partial charge in [-0.1, -0.05) is 6.92 Å². The number of aliphatic hydroxyl groups excluding tert-OH is 2. The minimum absolute atomic E-state index is 0. The highest BCUT2D eigenvalue weighted by Gasteiger charge is 2.60. The Labute approximate surface area is 216 Å². The molecule has 11 nitrogen and oxygen atoms in total. The number of fused-ring (bicyclic) bond motifs is 1. The zero-order valence-electron chi connectivity index (χ0n) is 20.5. The number of hydrogen-bond acceptors (Lipinski definition) is 7. The van der Waals surface area contributed by atoms with E-state index in [0.29, 0.717) is 42.1 Å². The van der Waals surface area contributed by atoms with Gasteiger partial charge in [-0.25, -0.2) is 4.79 Å². The Morgan fingerprint density at radius 3 is 2.46 bits per heavy atom. The summed E-state index contributed by atoms with van der Waals surface area (Å²) in [5.41, 5.74) is 0.0137. The Balaban J connectivity index is 0.00000432. The van der Waals surface area contributed by atoms with Crippen LogP contribution >= 0.6 is 11.8 Å². The Kier molecular flexibility index (Phi) is 9.62. The SMILES string of the molecule is C[C@@H](O)[C@H]1C(=O)N2C(C(=O)O)=C(SC3CN(C(=N)CC(=O)NCC[N+](C)(C)CCO)C3)[C@H](C)[C@H]12.[Cl-]. The van der Waals surface area contributed by atoms with Crippen molar-refractivity contribution in [1.82, 2.24) is 15.1 Å². The molecule has 0 spiro atoms. The van der Waals surface area contributed by atoms with Gasteiger partial charge in [-0.3, -0.25) is 15.0 Å². The Hall–Kier alpha value is -1.86. The van der Waals surface area contributed by atoms with Crippen LogP contribution in [0.4, 0.5) is 0 Å². The highest BCUT2D eigenvalue weighted by Crippen LogP contribution is 2.51. The topological polar surface area (TPSA) is 154 Å². The molecule has 3 rings (SSSR count). The number of amidine groups is 1. The van der Waals surface area contributed by atoms with Crippen molar-refractivity contribution in [3.05, 3.63) is 10.6 Å². The predicted molar refractivity (Wildman–Crippen MR) is 127 cm³/mol. The molecular weight excluding hydrogens is 498 g/mol. The average Bonchev–Trinajstić information content (AvgIpc) is 2.92. The highest BCUT2D eigenvalue weighted by atomic mass is 35.5. The molecule has 2 fully saturated rings. The second-order valence-corrected chi connectivity index (χ2v) is 11.3.